The van der Waals surface area contributed by atoms with Crippen molar-refractivity contribution in [3.8, 4) is 0 Å². The van der Waals surface area contributed by atoms with Crippen LogP contribution < -0.4 is 5.32 Å². The van der Waals surface area contributed by atoms with Crippen LogP contribution in [0.1, 0.15) is 52.4 Å². The predicted molar refractivity (Wildman–Crippen MR) is 72.9 cm³/mol. The Hall–Kier alpha value is -0.0400. The molecule has 4 saturated carbocycles. The van der Waals surface area contributed by atoms with Crippen LogP contribution >= 0.6 is 0 Å². The van der Waals surface area contributed by atoms with Crippen molar-refractivity contribution in [2.24, 2.45) is 35.0 Å². The third kappa shape index (κ3) is 1.95. The van der Waals surface area contributed by atoms with Crippen LogP contribution in [0, 0.1) is 35.0 Å². The molecule has 4 bridgehead atoms. The molecule has 0 radical (unpaired) electrons. The lowest BCUT2D eigenvalue weighted by molar-refractivity contribution is -0.0969. The molecule has 0 aliphatic heterocycles. The molecule has 0 amide bonds. The fourth-order valence-corrected chi connectivity index (χ4v) is 6.01. The lowest BCUT2D eigenvalue weighted by Gasteiger charge is -2.60. The van der Waals surface area contributed by atoms with Crippen LogP contribution in [0.3, 0.4) is 0 Å². The molecule has 4 rings (SSSR count). The minimum absolute atomic E-state index is 0.728. The van der Waals surface area contributed by atoms with E-state index >= 15 is 0 Å². The van der Waals surface area contributed by atoms with Crippen molar-refractivity contribution in [2.75, 3.05) is 13.6 Å². The van der Waals surface area contributed by atoms with Gasteiger partial charge in [0, 0.05) is 0 Å². The zero-order valence-corrected chi connectivity index (χ0v) is 11.8. The average Bonchev–Trinajstić information content (AvgIpc) is 2.23. The molecule has 0 aromatic heterocycles. The van der Waals surface area contributed by atoms with Crippen LogP contribution in [0.25, 0.3) is 0 Å². The molecule has 1 heteroatoms. The maximum atomic E-state index is 3.47. The zero-order valence-electron chi connectivity index (χ0n) is 11.8. The van der Waals surface area contributed by atoms with E-state index in [2.05, 4.69) is 26.2 Å². The molecule has 1 unspecified atom stereocenters. The highest BCUT2D eigenvalue weighted by Gasteiger charge is 2.54. The number of hydrogen-bond acceptors (Lipinski definition) is 1. The Bertz CT molecular complexity index is 246. The summed E-state index contributed by atoms with van der Waals surface area (Å²) in [7, 11) is 2.13. The quantitative estimate of drug-likeness (QED) is 0.783. The van der Waals surface area contributed by atoms with E-state index in [1.165, 1.54) is 6.54 Å². The van der Waals surface area contributed by atoms with Crippen molar-refractivity contribution in [1.82, 2.24) is 5.32 Å². The fourth-order valence-electron chi connectivity index (χ4n) is 6.01. The Morgan fingerprint density at radius 1 is 1.00 bits per heavy atom. The molecule has 0 aromatic rings. The minimum atomic E-state index is 0.728. The summed E-state index contributed by atoms with van der Waals surface area (Å²) in [6.45, 7) is 6.13. The van der Waals surface area contributed by atoms with E-state index in [1.54, 1.807) is 38.5 Å². The van der Waals surface area contributed by atoms with Gasteiger partial charge in [0.1, 0.15) is 0 Å². The first-order valence-corrected chi connectivity index (χ1v) is 7.77. The second kappa shape index (κ2) is 4.26. The predicted octanol–water partition coefficient (Wildman–Crippen LogP) is 3.69. The van der Waals surface area contributed by atoms with Crippen molar-refractivity contribution in [3.05, 3.63) is 0 Å². The molecule has 1 atom stereocenters. The van der Waals surface area contributed by atoms with Gasteiger partial charge in [0.25, 0.3) is 0 Å². The van der Waals surface area contributed by atoms with Crippen molar-refractivity contribution in [3.63, 3.8) is 0 Å². The Balaban J connectivity index is 1.84. The van der Waals surface area contributed by atoms with Gasteiger partial charge in [-0.15, -0.1) is 0 Å². The van der Waals surface area contributed by atoms with Crippen molar-refractivity contribution in [2.45, 2.75) is 52.4 Å². The van der Waals surface area contributed by atoms with Gasteiger partial charge in [-0.2, -0.15) is 0 Å². The van der Waals surface area contributed by atoms with Crippen molar-refractivity contribution in [1.29, 1.82) is 0 Å². The van der Waals surface area contributed by atoms with Gasteiger partial charge in [-0.25, -0.2) is 0 Å². The van der Waals surface area contributed by atoms with Crippen LogP contribution in [0.15, 0.2) is 0 Å². The largest absolute Gasteiger partial charge is 0.319 e. The Labute approximate surface area is 107 Å². The molecule has 4 fully saturated rings. The van der Waals surface area contributed by atoms with E-state index in [0.29, 0.717) is 0 Å². The standard InChI is InChI=1S/C16H29N/c1-11(2)15(10-17-3)16-7-12-4-13(8-16)6-14(5-12)9-16/h11-15,17H,4-10H2,1-3H3. The van der Waals surface area contributed by atoms with E-state index in [4.69, 9.17) is 0 Å². The van der Waals surface area contributed by atoms with Crippen LogP contribution in [0.5, 0.6) is 0 Å². The number of rotatable bonds is 4. The van der Waals surface area contributed by atoms with Gasteiger partial charge >= 0.3 is 0 Å². The number of nitrogens with one attached hydrogen (secondary N) is 1. The second-order valence-electron chi connectivity index (χ2n) is 7.69. The van der Waals surface area contributed by atoms with Crippen LogP contribution in [0.2, 0.25) is 0 Å². The molecular weight excluding hydrogens is 206 g/mol. The molecule has 0 saturated heterocycles. The lowest BCUT2D eigenvalue weighted by atomic mass is 9.45. The van der Waals surface area contributed by atoms with Crippen LogP contribution in [0.4, 0.5) is 0 Å². The van der Waals surface area contributed by atoms with Gasteiger partial charge in [-0.05, 0) is 87.1 Å². The number of hydrogen-bond donors (Lipinski definition) is 1. The molecule has 0 spiro atoms. The highest BCUT2D eigenvalue weighted by Crippen LogP contribution is 2.63. The third-order valence-corrected chi connectivity index (χ3v) is 6.10. The third-order valence-electron chi connectivity index (χ3n) is 6.10. The van der Waals surface area contributed by atoms with E-state index in [0.717, 1.165) is 35.0 Å². The summed E-state index contributed by atoms with van der Waals surface area (Å²) in [5.74, 6) is 5.05. The molecular formula is C16H29N. The maximum absolute atomic E-state index is 3.47. The second-order valence-corrected chi connectivity index (χ2v) is 7.69. The van der Waals surface area contributed by atoms with Crippen molar-refractivity contribution < 1.29 is 0 Å². The monoisotopic (exact) mass is 235 g/mol. The summed E-state index contributed by atoms with van der Waals surface area (Å²) in [5.41, 5.74) is 0.728. The van der Waals surface area contributed by atoms with Crippen LogP contribution in [-0.2, 0) is 0 Å². The van der Waals surface area contributed by atoms with Gasteiger partial charge in [-0.3, -0.25) is 0 Å². The van der Waals surface area contributed by atoms with Crippen molar-refractivity contribution >= 4 is 0 Å². The van der Waals surface area contributed by atoms with Gasteiger partial charge in [0.05, 0.1) is 0 Å². The molecule has 1 nitrogen and oxygen atoms in total. The molecule has 98 valence electrons. The molecule has 0 aromatic carbocycles. The maximum Gasteiger partial charge on any atom is -0.00158 e. The first-order valence-electron chi connectivity index (χ1n) is 7.77. The smallest absolute Gasteiger partial charge is 0.00158 e. The summed E-state index contributed by atoms with van der Waals surface area (Å²) >= 11 is 0. The van der Waals surface area contributed by atoms with E-state index in [1.807, 2.05) is 0 Å². The highest BCUT2D eigenvalue weighted by atomic mass is 14.8. The summed E-state index contributed by atoms with van der Waals surface area (Å²) in [6, 6.07) is 0. The normalized spacial score (nSPS) is 45.5. The molecule has 17 heavy (non-hydrogen) atoms. The zero-order chi connectivity index (χ0) is 12.0. The van der Waals surface area contributed by atoms with E-state index in [9.17, 15) is 0 Å². The average molecular weight is 235 g/mol. The highest BCUT2D eigenvalue weighted by molar-refractivity contribution is 5.04. The van der Waals surface area contributed by atoms with Gasteiger partial charge in [-0.1, -0.05) is 13.8 Å². The molecule has 1 N–H and O–H groups in total. The summed E-state index contributed by atoms with van der Waals surface area (Å²) < 4.78 is 0. The van der Waals surface area contributed by atoms with Gasteiger partial charge in [0.15, 0.2) is 0 Å². The molecule has 0 heterocycles. The summed E-state index contributed by atoms with van der Waals surface area (Å²) in [6.07, 6.45) is 9.40. The lowest BCUT2D eigenvalue weighted by Crippen LogP contribution is -2.52. The summed E-state index contributed by atoms with van der Waals surface area (Å²) in [5, 5.41) is 3.47. The first-order chi connectivity index (χ1) is 8.13. The SMILES string of the molecule is CNCC(C(C)C)C12CC3CC(CC(C3)C1)C2. The summed E-state index contributed by atoms with van der Waals surface area (Å²) in [4.78, 5) is 0. The fraction of sp³-hybridized carbons (Fsp3) is 1.00. The Kier molecular flexibility index (Phi) is 3.01. The first kappa shape index (κ1) is 12.0. The Morgan fingerprint density at radius 3 is 1.82 bits per heavy atom. The Morgan fingerprint density at radius 2 is 1.47 bits per heavy atom. The molecule has 4 aliphatic carbocycles. The van der Waals surface area contributed by atoms with E-state index in [-0.39, 0.29) is 0 Å². The van der Waals surface area contributed by atoms with E-state index < -0.39 is 0 Å². The minimum Gasteiger partial charge on any atom is -0.319 e. The van der Waals surface area contributed by atoms with Gasteiger partial charge in [0.2, 0.25) is 0 Å². The van der Waals surface area contributed by atoms with Gasteiger partial charge < -0.3 is 5.32 Å². The topological polar surface area (TPSA) is 12.0 Å². The van der Waals surface area contributed by atoms with Crippen LogP contribution in [-0.4, -0.2) is 13.6 Å². The molecule has 4 aliphatic rings.